The third-order valence-electron chi connectivity index (χ3n) is 14.4. The molecule has 0 spiro atoms. The number of nitrogens with zero attached hydrogens (tertiary/aromatic N) is 6. The van der Waals surface area contributed by atoms with Gasteiger partial charge in [0.2, 0.25) is 11.8 Å². The molecule has 0 aliphatic carbocycles. The lowest BCUT2D eigenvalue weighted by atomic mass is 9.83. The first-order valence-electron chi connectivity index (χ1n) is 24.7. The normalized spacial score (nSPS) is 32.4. The van der Waals surface area contributed by atoms with Crippen LogP contribution in [0.3, 0.4) is 0 Å². The molecule has 2 amide bonds. The molecular weight excluding hydrogens is 935 g/mol. The van der Waals surface area contributed by atoms with Crippen LogP contribution in [0.4, 0.5) is 11.6 Å². The van der Waals surface area contributed by atoms with Crippen LogP contribution in [0.5, 0.6) is 0 Å². The Labute approximate surface area is 411 Å². The van der Waals surface area contributed by atoms with Crippen LogP contribution >= 0.6 is 17.1 Å². The van der Waals surface area contributed by atoms with Crippen LogP contribution in [0.15, 0.2) is 94.8 Å². The van der Waals surface area contributed by atoms with E-state index in [1.165, 1.54) is 9.13 Å². The van der Waals surface area contributed by atoms with Crippen LogP contribution in [0.25, 0.3) is 0 Å². The summed E-state index contributed by atoms with van der Waals surface area (Å²) in [6.07, 6.45) is 6.33. The van der Waals surface area contributed by atoms with E-state index in [0.717, 1.165) is 49.9 Å². The molecule has 6 aliphatic rings. The van der Waals surface area contributed by atoms with Crippen molar-refractivity contribution in [2.45, 2.75) is 154 Å². The van der Waals surface area contributed by atoms with Crippen molar-refractivity contribution in [3.63, 3.8) is 0 Å². The van der Waals surface area contributed by atoms with E-state index >= 15 is 0 Å². The van der Waals surface area contributed by atoms with Crippen molar-refractivity contribution in [1.82, 2.24) is 28.4 Å². The fourth-order valence-corrected chi connectivity index (χ4v) is 14.1. The minimum atomic E-state index is -1.23. The quantitative estimate of drug-likeness (QED) is 0.115. The van der Waals surface area contributed by atoms with Gasteiger partial charge in [-0.1, -0.05) is 102 Å². The molecule has 2 unspecified atom stereocenters. The molecule has 12 atom stereocenters. The third-order valence-corrected chi connectivity index (χ3v) is 18.1. The standard InChI is InChI=1S/2C25H33N4O5P/c2*1-5-18-19(15-22(32-18)28-13-12-21(27-24(28)31)26-23(30)16(2)3)33-35-29-14-11-20(29)25(4,34-35)17-9-7-6-8-10-17/h2*6-10,12-13,16,18-20,22H,5,11,14-15H2,1-4H3,(H,26,27,30,31)/t18-,19?,20+,22-,25+,35+;18-,19?,20+,22-,25+,35-/m11/s1. The molecule has 2 aromatic carbocycles. The number of ether oxygens (including phenoxy) is 2. The van der Waals surface area contributed by atoms with E-state index in [1.807, 2.05) is 36.4 Å². The average molecular weight is 1000 g/mol. The Balaban J connectivity index is 0.000000174. The van der Waals surface area contributed by atoms with Gasteiger partial charge < -0.3 is 38.2 Å². The Morgan fingerprint density at radius 3 is 1.36 bits per heavy atom. The lowest BCUT2D eigenvalue weighted by molar-refractivity contribution is -0.119. The number of rotatable bonds is 14. The topological polar surface area (TPSA) is 190 Å². The number of aromatic nitrogens is 4. The minimum absolute atomic E-state index is 0.151. The summed E-state index contributed by atoms with van der Waals surface area (Å²) < 4.78 is 46.4. The van der Waals surface area contributed by atoms with Gasteiger partial charge in [-0.2, -0.15) is 9.97 Å². The van der Waals surface area contributed by atoms with Gasteiger partial charge in [-0.25, -0.2) is 18.9 Å². The first-order chi connectivity index (χ1) is 33.6. The molecule has 6 saturated heterocycles. The maximum Gasteiger partial charge on any atom is 0.351 e. The fourth-order valence-electron chi connectivity index (χ4n) is 9.87. The highest BCUT2D eigenvalue weighted by Crippen LogP contribution is 2.66. The zero-order chi connectivity index (χ0) is 49.5. The van der Waals surface area contributed by atoms with Crippen molar-refractivity contribution in [3.05, 3.63) is 117 Å². The highest BCUT2D eigenvalue weighted by Gasteiger charge is 2.60. The summed E-state index contributed by atoms with van der Waals surface area (Å²) in [5.74, 6) is -0.275. The average Bonchev–Trinajstić information content (AvgIpc) is 4.01. The predicted octanol–water partition coefficient (Wildman–Crippen LogP) is 8.33. The van der Waals surface area contributed by atoms with Crippen LogP contribution in [0, 0.1) is 11.8 Å². The molecule has 8 heterocycles. The van der Waals surface area contributed by atoms with Crippen molar-refractivity contribution in [2.24, 2.45) is 11.8 Å². The molecule has 20 heteroatoms. The van der Waals surface area contributed by atoms with Gasteiger partial charge in [0, 0.05) is 50.2 Å². The third kappa shape index (κ3) is 10.1. The summed E-state index contributed by atoms with van der Waals surface area (Å²) in [6.45, 7) is 17.5. The van der Waals surface area contributed by atoms with E-state index in [-0.39, 0.29) is 59.7 Å². The predicted molar refractivity (Wildman–Crippen MR) is 265 cm³/mol. The lowest BCUT2D eigenvalue weighted by Crippen LogP contribution is -2.50. The van der Waals surface area contributed by atoms with Crippen molar-refractivity contribution >= 4 is 40.5 Å². The van der Waals surface area contributed by atoms with E-state index in [2.05, 4.69) is 81.9 Å². The highest BCUT2D eigenvalue weighted by atomic mass is 31.2. The summed E-state index contributed by atoms with van der Waals surface area (Å²) in [7, 11) is -2.46. The number of amides is 2. The molecule has 70 heavy (non-hydrogen) atoms. The van der Waals surface area contributed by atoms with Gasteiger partial charge in [-0.05, 0) is 62.8 Å². The molecular formula is C50H66N8O10P2. The van der Waals surface area contributed by atoms with Gasteiger partial charge in [-0.15, -0.1) is 0 Å². The Hall–Kier alpha value is -4.32. The van der Waals surface area contributed by atoms with Gasteiger partial charge in [0.1, 0.15) is 35.3 Å². The molecule has 0 saturated carbocycles. The van der Waals surface area contributed by atoms with Crippen LogP contribution < -0.4 is 22.0 Å². The summed E-state index contributed by atoms with van der Waals surface area (Å²) in [6, 6.07) is 24.5. The maximum absolute atomic E-state index is 12.7. The monoisotopic (exact) mass is 1000 g/mol. The molecule has 2 N–H and O–H groups in total. The van der Waals surface area contributed by atoms with E-state index in [1.54, 1.807) is 52.2 Å². The lowest BCUT2D eigenvalue weighted by Gasteiger charge is -2.40. The van der Waals surface area contributed by atoms with Crippen molar-refractivity contribution in [1.29, 1.82) is 0 Å². The number of benzene rings is 2. The Bertz CT molecular complexity index is 2430. The Morgan fingerprint density at radius 1 is 0.657 bits per heavy atom. The zero-order valence-electron chi connectivity index (χ0n) is 41.2. The van der Waals surface area contributed by atoms with E-state index < -0.39 is 52.1 Å². The number of nitrogens with one attached hydrogen (secondary N) is 2. The van der Waals surface area contributed by atoms with Gasteiger partial charge in [0.05, 0.1) is 36.5 Å². The van der Waals surface area contributed by atoms with Gasteiger partial charge in [0.25, 0.3) is 17.1 Å². The number of carbonyl (C=O) groups is 2. The second-order valence-corrected chi connectivity index (χ2v) is 22.4. The summed E-state index contributed by atoms with van der Waals surface area (Å²) in [5, 5.41) is 5.33. The molecule has 0 radical (unpaired) electrons. The number of fused-ring (bicyclic) bond motifs is 2. The van der Waals surface area contributed by atoms with Crippen LogP contribution in [0.2, 0.25) is 0 Å². The number of hydrogen-bond acceptors (Lipinski definition) is 14. The first-order valence-corrected chi connectivity index (χ1v) is 26.9. The summed E-state index contributed by atoms with van der Waals surface area (Å²) >= 11 is 0. The fraction of sp³-hybridized carbons (Fsp3) is 0.560. The highest BCUT2D eigenvalue weighted by molar-refractivity contribution is 7.45. The molecule has 2 aromatic heterocycles. The minimum Gasteiger partial charge on any atom is -0.352 e. The molecule has 0 bridgehead atoms. The second-order valence-electron chi connectivity index (χ2n) is 19.7. The smallest absolute Gasteiger partial charge is 0.351 e. The Kier molecular flexibility index (Phi) is 15.2. The van der Waals surface area contributed by atoms with Crippen LogP contribution in [-0.4, -0.2) is 89.8 Å². The zero-order valence-corrected chi connectivity index (χ0v) is 43.0. The molecule has 376 valence electrons. The van der Waals surface area contributed by atoms with Gasteiger partial charge >= 0.3 is 11.4 Å². The number of anilines is 2. The second kappa shape index (κ2) is 21.0. The summed E-state index contributed by atoms with van der Waals surface area (Å²) in [4.78, 5) is 57.4. The first kappa shape index (κ1) is 50.6. The number of hydrogen-bond donors (Lipinski definition) is 2. The van der Waals surface area contributed by atoms with E-state index in [9.17, 15) is 19.2 Å². The molecule has 10 rings (SSSR count). The van der Waals surface area contributed by atoms with Crippen molar-refractivity contribution in [3.8, 4) is 0 Å². The largest absolute Gasteiger partial charge is 0.352 e. The summed E-state index contributed by atoms with van der Waals surface area (Å²) in [5.41, 5.74) is 0.603. The van der Waals surface area contributed by atoms with Crippen molar-refractivity contribution in [2.75, 3.05) is 23.7 Å². The van der Waals surface area contributed by atoms with Crippen LogP contribution in [-0.2, 0) is 48.4 Å². The molecule has 18 nitrogen and oxygen atoms in total. The van der Waals surface area contributed by atoms with Crippen LogP contribution in [0.1, 0.15) is 117 Å². The maximum atomic E-state index is 12.7. The van der Waals surface area contributed by atoms with E-state index in [0.29, 0.717) is 24.9 Å². The molecule has 6 aliphatic heterocycles. The van der Waals surface area contributed by atoms with E-state index in [4.69, 9.17) is 27.6 Å². The van der Waals surface area contributed by atoms with Gasteiger partial charge in [-0.3, -0.25) is 18.7 Å². The molecule has 4 aromatic rings. The van der Waals surface area contributed by atoms with Crippen molar-refractivity contribution < 1.29 is 37.2 Å². The van der Waals surface area contributed by atoms with Gasteiger partial charge in [0.15, 0.2) is 0 Å². The Morgan fingerprint density at radius 2 is 1.04 bits per heavy atom. The number of carbonyl (C=O) groups excluding carboxylic acids is 2. The molecule has 6 fully saturated rings. The SMILES string of the molecule is CC[C@H]1O[C@@H](n2ccc(NC(=O)C(C)C)nc2=O)CC1O[P@@]1O[C@@](C)(c2ccccc2)[C@@H]2CCN21.CC[C@H]1O[C@@H](n2ccc(NC(=O)C(C)C)nc2=O)CC1O[P@]1O[C@@](C)(c2ccccc2)[C@@H]2CCN21.